The summed E-state index contributed by atoms with van der Waals surface area (Å²) in [5.41, 5.74) is 3.35. The molecule has 0 aromatic heterocycles. The maximum atomic E-state index is 11.9. The first kappa shape index (κ1) is 16.7. The number of hydrazone groups is 1. The molecule has 0 heterocycles. The molecule has 0 bridgehead atoms. The van der Waals surface area contributed by atoms with Crippen LogP contribution in [0, 0.1) is 0 Å². The van der Waals surface area contributed by atoms with E-state index in [4.69, 9.17) is 4.74 Å². The number of ether oxygens (including phenoxy) is 1. The van der Waals surface area contributed by atoms with E-state index in [1.807, 2.05) is 36.4 Å². The lowest BCUT2D eigenvalue weighted by molar-refractivity contribution is -0.127. The summed E-state index contributed by atoms with van der Waals surface area (Å²) in [6.45, 7) is 1.67. The van der Waals surface area contributed by atoms with Gasteiger partial charge in [-0.15, -0.1) is 0 Å². The second-order valence-electron chi connectivity index (χ2n) is 4.50. The molecule has 1 N–H and O–H groups in total. The Morgan fingerprint density at radius 1 is 1.18 bits per heavy atom. The molecule has 6 heteroatoms. The number of carbonyl (C=O) groups excluding carboxylic acids is 1. The highest BCUT2D eigenvalue weighted by atomic mass is 79.9. The second-order valence-corrected chi connectivity index (χ2v) is 6.33. The highest BCUT2D eigenvalue weighted by Crippen LogP contribution is 2.17. The third-order valence-electron chi connectivity index (χ3n) is 2.73. The molecule has 0 saturated carbocycles. The number of benzene rings is 2. The van der Waals surface area contributed by atoms with Crippen molar-refractivity contribution in [3.8, 4) is 5.75 Å². The third-order valence-corrected chi connectivity index (χ3v) is 3.75. The summed E-state index contributed by atoms with van der Waals surface area (Å²) in [5, 5.41) is 3.93. The number of hydrogen-bond donors (Lipinski definition) is 1. The Morgan fingerprint density at radius 3 is 2.59 bits per heavy atom. The first-order chi connectivity index (χ1) is 10.5. The summed E-state index contributed by atoms with van der Waals surface area (Å²) < 4.78 is 7.45. The van der Waals surface area contributed by atoms with Crippen LogP contribution in [-0.2, 0) is 4.79 Å². The van der Waals surface area contributed by atoms with E-state index in [-0.39, 0.29) is 5.91 Å². The first-order valence-corrected chi connectivity index (χ1v) is 8.14. The molecular formula is C16H14Br2N2O2. The Bertz CT molecular complexity index is 672. The molecule has 0 unspecified atom stereocenters. The second kappa shape index (κ2) is 8.10. The third kappa shape index (κ3) is 5.27. The SMILES string of the molecule is C[C@H](Oc1ccc(Br)cc1)C(=O)NN=Cc1cccc(Br)c1. The van der Waals surface area contributed by atoms with Crippen molar-refractivity contribution in [2.75, 3.05) is 0 Å². The average molecular weight is 426 g/mol. The standard InChI is InChI=1S/C16H14Br2N2O2/c1-11(22-15-7-5-13(17)6-8-15)16(21)20-19-10-12-3-2-4-14(18)9-12/h2-11H,1H3,(H,20,21)/t11-/m0/s1. The van der Waals surface area contributed by atoms with Crippen LogP contribution in [0.2, 0.25) is 0 Å². The maximum Gasteiger partial charge on any atom is 0.280 e. The molecular weight excluding hydrogens is 412 g/mol. The lowest BCUT2D eigenvalue weighted by atomic mass is 10.2. The fraction of sp³-hybridized carbons (Fsp3) is 0.125. The fourth-order valence-electron chi connectivity index (χ4n) is 1.62. The van der Waals surface area contributed by atoms with Crippen molar-refractivity contribution in [2.24, 2.45) is 5.10 Å². The number of nitrogens with one attached hydrogen (secondary N) is 1. The van der Waals surface area contributed by atoms with Gasteiger partial charge in [-0.05, 0) is 48.9 Å². The number of amides is 1. The smallest absolute Gasteiger partial charge is 0.280 e. The maximum absolute atomic E-state index is 11.9. The molecule has 2 aromatic carbocycles. The minimum Gasteiger partial charge on any atom is -0.481 e. The van der Waals surface area contributed by atoms with Crippen LogP contribution in [0.15, 0.2) is 62.6 Å². The van der Waals surface area contributed by atoms with Crippen molar-refractivity contribution in [2.45, 2.75) is 13.0 Å². The summed E-state index contributed by atoms with van der Waals surface area (Å²) in [6, 6.07) is 14.9. The Balaban J connectivity index is 1.87. The molecule has 2 rings (SSSR count). The van der Waals surface area contributed by atoms with Crippen LogP contribution in [0.25, 0.3) is 0 Å². The summed E-state index contributed by atoms with van der Waals surface area (Å²) >= 11 is 6.72. The average Bonchev–Trinajstić information content (AvgIpc) is 2.49. The van der Waals surface area contributed by atoms with Gasteiger partial charge in [-0.1, -0.05) is 44.0 Å². The minimum absolute atomic E-state index is 0.311. The molecule has 2 aromatic rings. The summed E-state index contributed by atoms with van der Waals surface area (Å²) in [7, 11) is 0. The van der Waals surface area contributed by atoms with Gasteiger partial charge in [-0.3, -0.25) is 4.79 Å². The van der Waals surface area contributed by atoms with E-state index in [0.29, 0.717) is 5.75 Å². The van der Waals surface area contributed by atoms with E-state index in [1.54, 1.807) is 25.3 Å². The van der Waals surface area contributed by atoms with Crippen LogP contribution >= 0.6 is 31.9 Å². The largest absolute Gasteiger partial charge is 0.481 e. The predicted octanol–water partition coefficient (Wildman–Crippen LogP) is 4.13. The lowest BCUT2D eigenvalue weighted by Crippen LogP contribution is -2.33. The Labute approximate surface area is 145 Å². The van der Waals surface area contributed by atoms with Gasteiger partial charge in [0.25, 0.3) is 5.91 Å². The van der Waals surface area contributed by atoms with Crippen molar-refractivity contribution < 1.29 is 9.53 Å². The van der Waals surface area contributed by atoms with Crippen LogP contribution in [-0.4, -0.2) is 18.2 Å². The van der Waals surface area contributed by atoms with Crippen molar-refractivity contribution >= 4 is 44.0 Å². The molecule has 1 atom stereocenters. The lowest BCUT2D eigenvalue weighted by Gasteiger charge is -2.12. The highest BCUT2D eigenvalue weighted by molar-refractivity contribution is 9.10. The van der Waals surface area contributed by atoms with Crippen molar-refractivity contribution in [1.82, 2.24) is 5.43 Å². The molecule has 0 aliphatic rings. The first-order valence-electron chi connectivity index (χ1n) is 6.55. The van der Waals surface area contributed by atoms with E-state index in [1.165, 1.54) is 0 Å². The number of rotatable bonds is 5. The molecule has 0 fully saturated rings. The van der Waals surface area contributed by atoms with Gasteiger partial charge >= 0.3 is 0 Å². The fourth-order valence-corrected chi connectivity index (χ4v) is 2.30. The monoisotopic (exact) mass is 424 g/mol. The molecule has 1 amide bonds. The summed E-state index contributed by atoms with van der Waals surface area (Å²) in [6.07, 6.45) is 0.940. The minimum atomic E-state index is -0.638. The number of nitrogens with zero attached hydrogens (tertiary/aromatic N) is 1. The van der Waals surface area contributed by atoms with Gasteiger partial charge in [-0.25, -0.2) is 5.43 Å². The Kier molecular flexibility index (Phi) is 6.15. The topological polar surface area (TPSA) is 50.7 Å². The number of carbonyl (C=O) groups is 1. The van der Waals surface area contributed by atoms with E-state index in [9.17, 15) is 4.79 Å². The molecule has 0 spiro atoms. The molecule has 0 aliphatic heterocycles. The van der Waals surface area contributed by atoms with E-state index >= 15 is 0 Å². The van der Waals surface area contributed by atoms with Gasteiger partial charge in [-0.2, -0.15) is 5.10 Å². The highest BCUT2D eigenvalue weighted by Gasteiger charge is 2.13. The Morgan fingerprint density at radius 2 is 1.91 bits per heavy atom. The van der Waals surface area contributed by atoms with Gasteiger partial charge in [0.05, 0.1) is 6.21 Å². The zero-order valence-corrected chi connectivity index (χ0v) is 15.0. The van der Waals surface area contributed by atoms with Gasteiger partial charge in [0.2, 0.25) is 0 Å². The molecule has 4 nitrogen and oxygen atoms in total. The summed E-state index contributed by atoms with van der Waals surface area (Å²) in [5.74, 6) is 0.316. The van der Waals surface area contributed by atoms with Gasteiger partial charge in [0.1, 0.15) is 5.75 Å². The zero-order chi connectivity index (χ0) is 15.9. The quantitative estimate of drug-likeness (QED) is 0.578. The van der Waals surface area contributed by atoms with Crippen LogP contribution in [0.4, 0.5) is 0 Å². The van der Waals surface area contributed by atoms with Crippen LogP contribution in [0.5, 0.6) is 5.75 Å². The van der Waals surface area contributed by atoms with Crippen molar-refractivity contribution in [1.29, 1.82) is 0 Å². The molecule has 0 saturated heterocycles. The predicted molar refractivity (Wildman–Crippen MR) is 94.1 cm³/mol. The van der Waals surface area contributed by atoms with Crippen molar-refractivity contribution in [3.05, 3.63) is 63.0 Å². The normalized spacial score (nSPS) is 12.1. The van der Waals surface area contributed by atoms with Crippen LogP contribution in [0.1, 0.15) is 12.5 Å². The van der Waals surface area contributed by atoms with Gasteiger partial charge in [0, 0.05) is 8.95 Å². The molecule has 0 radical (unpaired) electrons. The van der Waals surface area contributed by atoms with Gasteiger partial charge in [0.15, 0.2) is 6.10 Å². The van der Waals surface area contributed by atoms with Crippen LogP contribution in [0.3, 0.4) is 0 Å². The molecule has 0 aliphatic carbocycles. The summed E-state index contributed by atoms with van der Waals surface area (Å²) in [4.78, 5) is 11.9. The molecule has 114 valence electrons. The zero-order valence-electron chi connectivity index (χ0n) is 11.8. The van der Waals surface area contributed by atoms with E-state index in [0.717, 1.165) is 14.5 Å². The van der Waals surface area contributed by atoms with Crippen LogP contribution < -0.4 is 10.2 Å². The van der Waals surface area contributed by atoms with E-state index in [2.05, 4.69) is 42.4 Å². The Hall–Kier alpha value is -1.66. The number of halogens is 2. The van der Waals surface area contributed by atoms with E-state index < -0.39 is 6.10 Å². The van der Waals surface area contributed by atoms with Gasteiger partial charge < -0.3 is 4.74 Å². The number of hydrogen-bond acceptors (Lipinski definition) is 3. The van der Waals surface area contributed by atoms with Crippen molar-refractivity contribution in [3.63, 3.8) is 0 Å². The molecule has 22 heavy (non-hydrogen) atoms.